The number of likely N-dealkylation sites (tertiary alicyclic amines) is 1. The van der Waals surface area contributed by atoms with Crippen LogP contribution in [-0.2, 0) is 7.05 Å². The van der Waals surface area contributed by atoms with Gasteiger partial charge in [0.1, 0.15) is 5.65 Å². The summed E-state index contributed by atoms with van der Waals surface area (Å²) < 4.78 is 1.23. The van der Waals surface area contributed by atoms with Gasteiger partial charge in [-0.15, -0.1) is 0 Å². The Morgan fingerprint density at radius 3 is 2.71 bits per heavy atom. The van der Waals surface area contributed by atoms with E-state index in [4.69, 9.17) is 0 Å². The average molecular weight is 332 g/mol. The zero-order chi connectivity index (χ0) is 17.6. The molecule has 3 rings (SSSR count). The predicted molar refractivity (Wildman–Crippen MR) is 88.2 cm³/mol. The number of aromatic nitrogens is 3. The molecule has 0 aromatic carbocycles. The number of β-amino-alcohol motifs (C(OH)–C–C–N with tert-alkyl or cyclic N) is 1. The maximum Gasteiger partial charge on any atom is 0.329 e. The minimum atomic E-state index is -0.626. The van der Waals surface area contributed by atoms with Crippen LogP contribution in [0.3, 0.4) is 0 Å². The number of hydrogen-bond donors (Lipinski definition) is 2. The van der Waals surface area contributed by atoms with Crippen LogP contribution >= 0.6 is 0 Å². The molecule has 0 spiro atoms. The van der Waals surface area contributed by atoms with E-state index in [9.17, 15) is 19.5 Å². The molecule has 1 fully saturated rings. The topological polar surface area (TPSA) is 108 Å². The molecule has 24 heavy (non-hydrogen) atoms. The number of aliphatic hydroxyl groups is 1. The van der Waals surface area contributed by atoms with E-state index < -0.39 is 17.4 Å². The predicted octanol–water partition coefficient (Wildman–Crippen LogP) is -0.0480. The van der Waals surface area contributed by atoms with Crippen molar-refractivity contribution in [3.8, 4) is 0 Å². The fourth-order valence-corrected chi connectivity index (χ4v) is 2.92. The fourth-order valence-electron chi connectivity index (χ4n) is 2.92. The van der Waals surface area contributed by atoms with Crippen molar-refractivity contribution in [2.45, 2.75) is 32.3 Å². The number of amides is 1. The highest BCUT2D eigenvalue weighted by Crippen LogP contribution is 2.22. The summed E-state index contributed by atoms with van der Waals surface area (Å²) in [6.45, 7) is 4.52. The molecule has 1 atom stereocenters. The van der Waals surface area contributed by atoms with Gasteiger partial charge in [0.05, 0.1) is 17.1 Å². The van der Waals surface area contributed by atoms with Crippen molar-refractivity contribution < 1.29 is 9.90 Å². The highest BCUT2D eigenvalue weighted by molar-refractivity contribution is 6.05. The lowest BCUT2D eigenvalue weighted by Gasteiger charge is -2.18. The summed E-state index contributed by atoms with van der Waals surface area (Å²) in [5, 5.41) is 9.77. The van der Waals surface area contributed by atoms with Crippen LogP contribution in [-0.4, -0.2) is 49.6 Å². The van der Waals surface area contributed by atoms with Gasteiger partial charge in [-0.2, -0.15) is 0 Å². The fraction of sp³-hybridized carbons (Fsp3) is 0.500. The van der Waals surface area contributed by atoms with Gasteiger partial charge < -0.3 is 10.0 Å². The first-order valence-electron chi connectivity index (χ1n) is 7.91. The summed E-state index contributed by atoms with van der Waals surface area (Å²) in [5.74, 6) is -0.301. The molecule has 2 N–H and O–H groups in total. The molecule has 2 aromatic heterocycles. The van der Waals surface area contributed by atoms with E-state index in [1.807, 2.05) is 13.8 Å². The lowest BCUT2D eigenvalue weighted by molar-refractivity contribution is 0.0766. The number of H-pyrrole nitrogens is 1. The van der Waals surface area contributed by atoms with Crippen LogP contribution < -0.4 is 11.2 Å². The molecule has 0 saturated carbocycles. The highest BCUT2D eigenvalue weighted by Gasteiger charge is 2.28. The number of aromatic amines is 1. The first-order chi connectivity index (χ1) is 11.3. The van der Waals surface area contributed by atoms with E-state index >= 15 is 0 Å². The van der Waals surface area contributed by atoms with Gasteiger partial charge in [0.15, 0.2) is 0 Å². The maximum absolute atomic E-state index is 12.9. The summed E-state index contributed by atoms with van der Waals surface area (Å²) >= 11 is 0. The Bertz CT molecular complexity index is 928. The number of carbonyl (C=O) groups is 1. The summed E-state index contributed by atoms with van der Waals surface area (Å²) in [6.07, 6.45) is -0.0325. The number of nitrogens with zero attached hydrogens (tertiary/aromatic N) is 3. The number of fused-ring (bicyclic) bond motifs is 1. The van der Waals surface area contributed by atoms with Gasteiger partial charge in [-0.3, -0.25) is 19.1 Å². The lowest BCUT2D eigenvalue weighted by atomic mass is 10.0. The number of pyridine rings is 1. The van der Waals surface area contributed by atoms with E-state index in [1.54, 1.807) is 6.07 Å². The van der Waals surface area contributed by atoms with E-state index in [-0.39, 0.29) is 35.0 Å². The third-order valence-corrected chi connectivity index (χ3v) is 4.36. The molecule has 1 saturated heterocycles. The number of rotatable bonds is 2. The Kier molecular flexibility index (Phi) is 4.00. The van der Waals surface area contributed by atoms with Gasteiger partial charge in [-0.1, -0.05) is 13.8 Å². The molecular weight excluding hydrogens is 312 g/mol. The van der Waals surface area contributed by atoms with Crippen LogP contribution in [0.4, 0.5) is 0 Å². The molecule has 0 aliphatic carbocycles. The number of carbonyl (C=O) groups excluding carboxylic acids is 1. The Hall–Kier alpha value is -2.48. The van der Waals surface area contributed by atoms with E-state index in [0.29, 0.717) is 18.7 Å². The second kappa shape index (κ2) is 5.86. The molecule has 2 aromatic rings. The van der Waals surface area contributed by atoms with Crippen molar-refractivity contribution in [1.29, 1.82) is 0 Å². The normalized spacial score (nSPS) is 17.9. The van der Waals surface area contributed by atoms with Gasteiger partial charge in [-0.05, 0) is 18.4 Å². The Morgan fingerprint density at radius 1 is 1.42 bits per heavy atom. The van der Waals surface area contributed by atoms with Gasteiger partial charge in [-0.25, -0.2) is 9.78 Å². The van der Waals surface area contributed by atoms with Crippen molar-refractivity contribution in [3.63, 3.8) is 0 Å². The number of nitrogens with one attached hydrogen (secondary N) is 1. The third-order valence-electron chi connectivity index (χ3n) is 4.36. The first kappa shape index (κ1) is 16.4. The Labute approximate surface area is 137 Å². The molecule has 1 aliphatic heterocycles. The summed E-state index contributed by atoms with van der Waals surface area (Å²) in [5.41, 5.74) is -0.159. The van der Waals surface area contributed by atoms with Gasteiger partial charge >= 0.3 is 5.69 Å². The Morgan fingerprint density at radius 2 is 2.12 bits per heavy atom. The number of aliphatic hydroxyl groups excluding tert-OH is 1. The van der Waals surface area contributed by atoms with E-state index in [2.05, 4.69) is 9.97 Å². The zero-order valence-electron chi connectivity index (χ0n) is 13.9. The molecule has 1 amide bonds. The van der Waals surface area contributed by atoms with Crippen LogP contribution in [0.5, 0.6) is 0 Å². The van der Waals surface area contributed by atoms with Crippen LogP contribution in [0.1, 0.15) is 42.2 Å². The van der Waals surface area contributed by atoms with Crippen molar-refractivity contribution in [1.82, 2.24) is 19.4 Å². The van der Waals surface area contributed by atoms with Crippen molar-refractivity contribution in [3.05, 3.63) is 38.2 Å². The van der Waals surface area contributed by atoms with Crippen LogP contribution in [0.2, 0.25) is 0 Å². The molecular formula is C16H20N4O4. The van der Waals surface area contributed by atoms with E-state index in [1.165, 1.54) is 16.5 Å². The van der Waals surface area contributed by atoms with Gasteiger partial charge in [0.2, 0.25) is 0 Å². The SMILES string of the molecule is CC(C)c1cc(C(=O)N2CC[C@H](O)C2)c2c(=O)[nH]c(=O)n(C)c2n1. The molecule has 0 unspecified atom stereocenters. The molecule has 128 valence electrons. The smallest absolute Gasteiger partial charge is 0.329 e. The van der Waals surface area contributed by atoms with Crippen molar-refractivity contribution in [2.75, 3.05) is 13.1 Å². The highest BCUT2D eigenvalue weighted by atomic mass is 16.3. The maximum atomic E-state index is 12.9. The molecule has 3 heterocycles. The quantitative estimate of drug-likeness (QED) is 0.802. The largest absolute Gasteiger partial charge is 0.391 e. The second-order valence-electron chi connectivity index (χ2n) is 6.46. The average Bonchev–Trinajstić information content (AvgIpc) is 2.97. The van der Waals surface area contributed by atoms with Crippen molar-refractivity contribution >= 4 is 16.9 Å². The standard InChI is InChI=1S/C16H20N4O4/c1-8(2)11-6-10(15(23)20-5-4-9(21)7-20)12-13(17-11)19(3)16(24)18-14(12)22/h6,8-9,21H,4-5,7H2,1-3H3,(H,18,22,24)/t9-/m0/s1. The first-order valence-corrected chi connectivity index (χ1v) is 7.91. The summed E-state index contributed by atoms with van der Waals surface area (Å²) in [6, 6.07) is 1.61. The van der Waals surface area contributed by atoms with Crippen LogP contribution in [0.25, 0.3) is 11.0 Å². The summed E-state index contributed by atoms with van der Waals surface area (Å²) in [7, 11) is 1.51. The molecule has 8 nitrogen and oxygen atoms in total. The number of aryl methyl sites for hydroxylation is 1. The molecule has 8 heteroatoms. The molecule has 0 radical (unpaired) electrons. The summed E-state index contributed by atoms with van der Waals surface area (Å²) in [4.78, 5) is 45.2. The van der Waals surface area contributed by atoms with Crippen molar-refractivity contribution in [2.24, 2.45) is 7.05 Å². The lowest BCUT2D eigenvalue weighted by Crippen LogP contribution is -2.34. The monoisotopic (exact) mass is 332 g/mol. The minimum Gasteiger partial charge on any atom is -0.391 e. The van der Waals surface area contributed by atoms with Gasteiger partial charge in [0.25, 0.3) is 11.5 Å². The van der Waals surface area contributed by atoms with E-state index in [0.717, 1.165) is 0 Å². The minimum absolute atomic E-state index is 0.0273. The van der Waals surface area contributed by atoms with Crippen LogP contribution in [0, 0.1) is 0 Å². The Balaban J connectivity index is 2.29. The van der Waals surface area contributed by atoms with Gasteiger partial charge in [0, 0.05) is 25.8 Å². The zero-order valence-corrected chi connectivity index (χ0v) is 13.9. The number of hydrogen-bond acceptors (Lipinski definition) is 5. The molecule has 0 bridgehead atoms. The molecule has 1 aliphatic rings. The third kappa shape index (κ3) is 2.62. The van der Waals surface area contributed by atoms with Crippen LogP contribution in [0.15, 0.2) is 15.7 Å². The second-order valence-corrected chi connectivity index (χ2v) is 6.46.